The fourth-order valence-corrected chi connectivity index (χ4v) is 2.05. The zero-order chi connectivity index (χ0) is 6.86. The average Bonchev–Trinajstić information content (AvgIpc) is 2.39. The molecule has 2 aliphatic rings. The van der Waals surface area contributed by atoms with Crippen LogP contribution in [-0.4, -0.2) is 5.60 Å². The molecule has 0 radical (unpaired) electrons. The third kappa shape index (κ3) is 0.938. The first-order valence-electron chi connectivity index (χ1n) is 4.24. The van der Waals surface area contributed by atoms with Crippen LogP contribution in [0.5, 0.6) is 0 Å². The quantitative estimate of drug-likeness (QED) is 0.500. The molecule has 0 atom stereocenters. The molecule has 1 heterocycles. The maximum absolute atomic E-state index is 5.65. The van der Waals surface area contributed by atoms with Crippen molar-refractivity contribution in [2.75, 3.05) is 0 Å². The first kappa shape index (κ1) is 6.26. The molecule has 0 amide bonds. The van der Waals surface area contributed by atoms with Crippen LogP contribution >= 0.6 is 0 Å². The molecule has 0 N–H and O–H groups in total. The van der Waals surface area contributed by atoms with E-state index in [9.17, 15) is 0 Å². The highest BCUT2D eigenvalue weighted by molar-refractivity contribution is 4.95. The summed E-state index contributed by atoms with van der Waals surface area (Å²) in [6, 6.07) is 0. The van der Waals surface area contributed by atoms with Crippen LogP contribution in [0.1, 0.15) is 38.5 Å². The summed E-state index contributed by atoms with van der Waals surface area (Å²) in [5, 5.41) is 0. The molecule has 1 spiro atoms. The lowest BCUT2D eigenvalue weighted by Crippen LogP contribution is -2.28. The second kappa shape index (κ2) is 2.30. The minimum absolute atomic E-state index is 0.286. The zero-order valence-corrected chi connectivity index (χ0v) is 6.31. The molecule has 1 fully saturated rings. The van der Waals surface area contributed by atoms with Gasteiger partial charge in [0.15, 0.2) is 0 Å². The van der Waals surface area contributed by atoms with Gasteiger partial charge in [0.05, 0.1) is 6.26 Å². The monoisotopic (exact) mass is 138 g/mol. The standard InChI is InChI=1S/C9H14O/c1-2-6-9(5-1)7-3-4-8-10-9/h4,8H,1-3,5-7H2. The number of allylic oxidation sites excluding steroid dienone is 1. The van der Waals surface area contributed by atoms with Crippen LogP contribution in [-0.2, 0) is 4.74 Å². The summed E-state index contributed by atoms with van der Waals surface area (Å²) in [7, 11) is 0. The molecule has 1 saturated carbocycles. The molecule has 2 rings (SSSR count). The van der Waals surface area contributed by atoms with Crippen molar-refractivity contribution in [3.63, 3.8) is 0 Å². The van der Waals surface area contributed by atoms with E-state index in [4.69, 9.17) is 4.74 Å². The minimum atomic E-state index is 0.286. The topological polar surface area (TPSA) is 9.23 Å². The fourth-order valence-electron chi connectivity index (χ4n) is 2.05. The van der Waals surface area contributed by atoms with E-state index in [0.29, 0.717) is 0 Å². The number of hydrogen-bond donors (Lipinski definition) is 0. The van der Waals surface area contributed by atoms with Crippen LogP contribution < -0.4 is 0 Å². The number of hydrogen-bond acceptors (Lipinski definition) is 1. The van der Waals surface area contributed by atoms with Crippen molar-refractivity contribution >= 4 is 0 Å². The summed E-state index contributed by atoms with van der Waals surface area (Å²) in [6.07, 6.45) is 11.8. The van der Waals surface area contributed by atoms with Gasteiger partial charge >= 0.3 is 0 Å². The third-order valence-corrected chi connectivity index (χ3v) is 2.70. The predicted octanol–water partition coefficient (Wildman–Crippen LogP) is 2.62. The molecule has 0 aromatic heterocycles. The largest absolute Gasteiger partial charge is 0.495 e. The Morgan fingerprint density at radius 3 is 2.50 bits per heavy atom. The Kier molecular flexibility index (Phi) is 1.44. The van der Waals surface area contributed by atoms with Gasteiger partial charge in [-0.25, -0.2) is 0 Å². The van der Waals surface area contributed by atoms with Gasteiger partial charge in [0, 0.05) is 0 Å². The van der Waals surface area contributed by atoms with E-state index in [0.717, 1.165) is 0 Å². The highest BCUT2D eigenvalue weighted by atomic mass is 16.5. The molecule has 1 aliphatic carbocycles. The van der Waals surface area contributed by atoms with Gasteiger partial charge < -0.3 is 4.74 Å². The molecule has 1 nitrogen and oxygen atoms in total. The van der Waals surface area contributed by atoms with Crippen molar-refractivity contribution in [1.82, 2.24) is 0 Å². The van der Waals surface area contributed by atoms with Crippen LogP contribution in [0.2, 0.25) is 0 Å². The Morgan fingerprint density at radius 1 is 1.10 bits per heavy atom. The van der Waals surface area contributed by atoms with Crippen molar-refractivity contribution in [1.29, 1.82) is 0 Å². The van der Waals surface area contributed by atoms with Gasteiger partial charge in [-0.2, -0.15) is 0 Å². The van der Waals surface area contributed by atoms with Gasteiger partial charge in [-0.05, 0) is 44.6 Å². The van der Waals surface area contributed by atoms with E-state index in [2.05, 4.69) is 6.08 Å². The molecule has 0 bridgehead atoms. The van der Waals surface area contributed by atoms with Crippen molar-refractivity contribution in [3.8, 4) is 0 Å². The van der Waals surface area contributed by atoms with Gasteiger partial charge in [-0.1, -0.05) is 0 Å². The fraction of sp³-hybridized carbons (Fsp3) is 0.778. The SMILES string of the molecule is C1=COC2(CC1)CCCC2. The highest BCUT2D eigenvalue weighted by Gasteiger charge is 2.35. The van der Waals surface area contributed by atoms with Crippen LogP contribution in [0.4, 0.5) is 0 Å². The summed E-state index contributed by atoms with van der Waals surface area (Å²) in [5.74, 6) is 0. The van der Waals surface area contributed by atoms with Crippen molar-refractivity contribution in [2.45, 2.75) is 44.1 Å². The lowest BCUT2D eigenvalue weighted by atomic mass is 9.94. The molecule has 0 aromatic carbocycles. The summed E-state index contributed by atoms with van der Waals surface area (Å²) in [5.41, 5.74) is 0.286. The lowest BCUT2D eigenvalue weighted by molar-refractivity contribution is 0.0110. The van der Waals surface area contributed by atoms with Crippen molar-refractivity contribution < 1.29 is 4.74 Å². The van der Waals surface area contributed by atoms with Gasteiger partial charge in [0.25, 0.3) is 0 Å². The second-order valence-electron chi connectivity index (χ2n) is 3.42. The van der Waals surface area contributed by atoms with E-state index in [-0.39, 0.29) is 5.60 Å². The summed E-state index contributed by atoms with van der Waals surface area (Å²) < 4.78 is 5.65. The molecule has 1 aliphatic heterocycles. The Morgan fingerprint density at radius 2 is 1.90 bits per heavy atom. The number of rotatable bonds is 0. The van der Waals surface area contributed by atoms with Crippen LogP contribution in [0.25, 0.3) is 0 Å². The molecular formula is C9H14O. The van der Waals surface area contributed by atoms with Crippen LogP contribution in [0.15, 0.2) is 12.3 Å². The summed E-state index contributed by atoms with van der Waals surface area (Å²) in [4.78, 5) is 0. The summed E-state index contributed by atoms with van der Waals surface area (Å²) in [6.45, 7) is 0. The van der Waals surface area contributed by atoms with Gasteiger partial charge in [0.1, 0.15) is 5.60 Å². The Labute approximate surface area is 62.1 Å². The van der Waals surface area contributed by atoms with Gasteiger partial charge in [-0.15, -0.1) is 0 Å². The zero-order valence-electron chi connectivity index (χ0n) is 6.31. The van der Waals surface area contributed by atoms with Crippen molar-refractivity contribution in [3.05, 3.63) is 12.3 Å². The molecular weight excluding hydrogens is 124 g/mol. The summed E-state index contributed by atoms with van der Waals surface area (Å²) >= 11 is 0. The van der Waals surface area contributed by atoms with E-state index < -0.39 is 0 Å². The predicted molar refractivity (Wildman–Crippen MR) is 40.7 cm³/mol. The first-order valence-corrected chi connectivity index (χ1v) is 4.24. The Bertz CT molecular complexity index is 143. The van der Waals surface area contributed by atoms with Gasteiger partial charge in [-0.3, -0.25) is 0 Å². The van der Waals surface area contributed by atoms with E-state index >= 15 is 0 Å². The minimum Gasteiger partial charge on any atom is -0.495 e. The molecule has 56 valence electrons. The second-order valence-corrected chi connectivity index (χ2v) is 3.42. The van der Waals surface area contributed by atoms with Crippen LogP contribution in [0.3, 0.4) is 0 Å². The maximum Gasteiger partial charge on any atom is 0.108 e. The average molecular weight is 138 g/mol. The first-order chi connectivity index (χ1) is 4.91. The third-order valence-electron chi connectivity index (χ3n) is 2.70. The van der Waals surface area contributed by atoms with Crippen LogP contribution in [0, 0.1) is 0 Å². The van der Waals surface area contributed by atoms with E-state index in [1.807, 2.05) is 6.26 Å². The highest BCUT2D eigenvalue weighted by Crippen LogP contribution is 2.38. The van der Waals surface area contributed by atoms with E-state index in [1.54, 1.807) is 0 Å². The smallest absolute Gasteiger partial charge is 0.108 e. The normalized spacial score (nSPS) is 28.8. The Hall–Kier alpha value is -0.460. The molecule has 0 aromatic rings. The Balaban J connectivity index is 2.06. The molecule has 0 unspecified atom stereocenters. The van der Waals surface area contributed by atoms with E-state index in [1.165, 1.54) is 38.5 Å². The van der Waals surface area contributed by atoms with Crippen molar-refractivity contribution in [2.24, 2.45) is 0 Å². The van der Waals surface area contributed by atoms with Gasteiger partial charge in [0.2, 0.25) is 0 Å². The molecule has 0 saturated heterocycles. The lowest BCUT2D eigenvalue weighted by Gasteiger charge is -2.30. The molecule has 10 heavy (non-hydrogen) atoms. The maximum atomic E-state index is 5.65. The number of ether oxygens (including phenoxy) is 1. The molecule has 1 heteroatoms.